The Morgan fingerprint density at radius 2 is 1.52 bits per heavy atom. The zero-order valence-corrected chi connectivity index (χ0v) is 19.1. The van der Waals surface area contributed by atoms with Gasteiger partial charge in [-0.25, -0.2) is 4.79 Å². The van der Waals surface area contributed by atoms with E-state index >= 15 is 0 Å². The Bertz CT molecular complexity index is 1080. The number of carbonyl (C=O) groups excluding carboxylic acids is 4. The number of morpholine rings is 1. The molecule has 0 saturated carbocycles. The monoisotopic (exact) mass is 490 g/mol. The van der Waals surface area contributed by atoms with Crippen LogP contribution in [0.2, 0.25) is 10.0 Å². The molecule has 1 saturated heterocycles. The van der Waals surface area contributed by atoms with Gasteiger partial charge in [0.15, 0.2) is 0 Å². The highest BCUT2D eigenvalue weighted by Gasteiger charge is 2.43. The zero-order chi connectivity index (χ0) is 23.7. The van der Waals surface area contributed by atoms with Gasteiger partial charge in [-0.3, -0.25) is 19.3 Å². The van der Waals surface area contributed by atoms with Crippen LogP contribution < -0.4 is 0 Å². The van der Waals surface area contributed by atoms with Gasteiger partial charge in [0.05, 0.1) is 34.4 Å². The molecule has 4 rings (SSSR count). The molecule has 0 aromatic heterocycles. The Morgan fingerprint density at radius 1 is 0.970 bits per heavy atom. The second kappa shape index (κ2) is 9.51. The maximum atomic E-state index is 13.2. The lowest BCUT2D eigenvalue weighted by Gasteiger charge is -2.31. The summed E-state index contributed by atoms with van der Waals surface area (Å²) in [4.78, 5) is 54.3. The molecule has 0 N–H and O–H groups in total. The van der Waals surface area contributed by atoms with Gasteiger partial charge in [0.25, 0.3) is 17.7 Å². The molecule has 0 spiro atoms. The van der Waals surface area contributed by atoms with Gasteiger partial charge in [-0.2, -0.15) is 0 Å². The molecule has 0 bridgehead atoms. The first-order valence-corrected chi connectivity index (χ1v) is 11.0. The number of imide groups is 1. The first-order chi connectivity index (χ1) is 15.8. The van der Waals surface area contributed by atoms with Crippen LogP contribution in [0, 0.1) is 0 Å². The van der Waals surface area contributed by atoms with Crippen molar-refractivity contribution >= 4 is 46.9 Å². The fourth-order valence-corrected chi connectivity index (χ4v) is 4.09. The number of rotatable bonds is 5. The summed E-state index contributed by atoms with van der Waals surface area (Å²) in [7, 11) is 0. The van der Waals surface area contributed by atoms with Crippen molar-refractivity contribution in [3.63, 3.8) is 0 Å². The van der Waals surface area contributed by atoms with Crippen molar-refractivity contribution in [2.75, 3.05) is 26.3 Å². The second-order valence-corrected chi connectivity index (χ2v) is 8.45. The van der Waals surface area contributed by atoms with Crippen LogP contribution in [-0.2, 0) is 19.1 Å². The molecule has 10 heteroatoms. The number of nitrogens with zero attached hydrogens (tertiary/aromatic N) is 2. The van der Waals surface area contributed by atoms with Crippen LogP contribution in [0.15, 0.2) is 42.5 Å². The topological polar surface area (TPSA) is 93.2 Å². The lowest BCUT2D eigenvalue weighted by molar-refractivity contribution is -0.165. The van der Waals surface area contributed by atoms with Crippen LogP contribution in [0.1, 0.15) is 39.3 Å². The molecule has 2 aliphatic rings. The summed E-state index contributed by atoms with van der Waals surface area (Å²) in [6, 6.07) is 9.89. The molecule has 33 heavy (non-hydrogen) atoms. The third-order valence-corrected chi connectivity index (χ3v) is 6.29. The summed E-state index contributed by atoms with van der Waals surface area (Å²) >= 11 is 12.0. The number of hydrogen-bond donors (Lipinski definition) is 0. The lowest BCUT2D eigenvalue weighted by atomic mass is 10.1. The Balaban J connectivity index is 1.57. The van der Waals surface area contributed by atoms with Gasteiger partial charge in [-0.15, -0.1) is 0 Å². The van der Waals surface area contributed by atoms with Gasteiger partial charge in [0.1, 0.15) is 6.04 Å². The molecule has 8 nitrogen and oxygen atoms in total. The highest BCUT2D eigenvalue weighted by atomic mass is 35.5. The van der Waals surface area contributed by atoms with E-state index in [1.54, 1.807) is 35.2 Å². The van der Waals surface area contributed by atoms with Crippen molar-refractivity contribution in [3.05, 3.63) is 69.2 Å². The summed E-state index contributed by atoms with van der Waals surface area (Å²) < 4.78 is 10.9. The average molecular weight is 491 g/mol. The first-order valence-electron chi connectivity index (χ1n) is 10.3. The number of esters is 1. The third kappa shape index (κ3) is 4.46. The minimum absolute atomic E-state index is 0.0538. The van der Waals surface area contributed by atoms with Crippen molar-refractivity contribution in [3.8, 4) is 0 Å². The van der Waals surface area contributed by atoms with Crippen molar-refractivity contribution in [1.29, 1.82) is 0 Å². The minimum atomic E-state index is -1.28. The Labute approximate surface area is 199 Å². The fraction of sp³-hybridized carbons (Fsp3) is 0.304. The number of fused-ring (bicyclic) bond motifs is 1. The molecule has 2 heterocycles. The van der Waals surface area contributed by atoms with Crippen LogP contribution in [0.4, 0.5) is 0 Å². The van der Waals surface area contributed by atoms with Gasteiger partial charge in [-0.1, -0.05) is 53.5 Å². The van der Waals surface area contributed by atoms with Crippen LogP contribution in [0.3, 0.4) is 0 Å². The van der Waals surface area contributed by atoms with Crippen molar-refractivity contribution in [2.45, 2.75) is 19.1 Å². The summed E-state index contributed by atoms with van der Waals surface area (Å²) in [5.41, 5.74) is 0.589. The van der Waals surface area contributed by atoms with E-state index in [4.69, 9.17) is 32.7 Å². The number of amides is 3. The first kappa shape index (κ1) is 23.2. The van der Waals surface area contributed by atoms with Gasteiger partial charge in [-0.05, 0) is 19.1 Å². The Morgan fingerprint density at radius 3 is 2.06 bits per heavy atom. The standard InChI is InChI=1S/C23H20Cl2N2O6/c1-13(27-20(28)15-11-17(24)18(25)12-16(15)21(27)29)23(31)33-19(14-5-3-2-4-6-14)22(30)26-7-9-32-10-8-26/h2-6,11-13,19H,7-10H2,1H3/t13-,19+/m0/s1. The maximum absolute atomic E-state index is 13.2. The van der Waals surface area contributed by atoms with E-state index in [0.717, 1.165) is 4.90 Å². The largest absolute Gasteiger partial charge is 0.446 e. The molecule has 2 atom stereocenters. The number of hydrogen-bond acceptors (Lipinski definition) is 6. The van der Waals surface area contributed by atoms with E-state index in [1.165, 1.54) is 19.1 Å². The summed E-state index contributed by atoms with van der Waals surface area (Å²) in [5.74, 6) is -2.66. The van der Waals surface area contributed by atoms with Crippen LogP contribution in [-0.4, -0.2) is 65.8 Å². The van der Waals surface area contributed by atoms with E-state index in [9.17, 15) is 19.2 Å². The molecule has 1 fully saturated rings. The number of carbonyl (C=O) groups is 4. The Kier molecular flexibility index (Phi) is 6.69. The second-order valence-electron chi connectivity index (χ2n) is 7.63. The van der Waals surface area contributed by atoms with E-state index in [1.807, 2.05) is 0 Å². The van der Waals surface area contributed by atoms with Gasteiger partial charge in [0.2, 0.25) is 6.10 Å². The van der Waals surface area contributed by atoms with Gasteiger partial charge < -0.3 is 14.4 Å². The van der Waals surface area contributed by atoms with Crippen LogP contribution in [0.25, 0.3) is 0 Å². The van der Waals surface area contributed by atoms with Crippen molar-refractivity contribution in [2.24, 2.45) is 0 Å². The molecular weight excluding hydrogens is 471 g/mol. The number of benzene rings is 2. The van der Waals surface area contributed by atoms with Crippen molar-refractivity contribution < 1.29 is 28.7 Å². The maximum Gasteiger partial charge on any atom is 0.330 e. The smallest absolute Gasteiger partial charge is 0.330 e. The third-order valence-electron chi connectivity index (χ3n) is 5.57. The van der Waals surface area contributed by atoms with Gasteiger partial charge >= 0.3 is 5.97 Å². The molecule has 2 aromatic rings. The lowest BCUT2D eigenvalue weighted by Crippen LogP contribution is -2.47. The van der Waals surface area contributed by atoms with E-state index < -0.39 is 35.8 Å². The minimum Gasteiger partial charge on any atom is -0.446 e. The zero-order valence-electron chi connectivity index (χ0n) is 17.6. The molecule has 172 valence electrons. The van der Waals surface area contributed by atoms with E-state index in [-0.39, 0.29) is 21.2 Å². The molecule has 0 unspecified atom stereocenters. The fourth-order valence-electron chi connectivity index (χ4n) is 3.76. The predicted molar refractivity (Wildman–Crippen MR) is 119 cm³/mol. The molecule has 0 aliphatic carbocycles. The predicted octanol–water partition coefficient (Wildman–Crippen LogP) is 3.12. The quantitative estimate of drug-likeness (QED) is 0.472. The highest BCUT2D eigenvalue weighted by molar-refractivity contribution is 6.43. The molecule has 2 aromatic carbocycles. The summed E-state index contributed by atoms with van der Waals surface area (Å²) in [6.07, 6.45) is -1.22. The van der Waals surface area contributed by atoms with Crippen molar-refractivity contribution in [1.82, 2.24) is 9.80 Å². The summed E-state index contributed by atoms with van der Waals surface area (Å²) in [5, 5.41) is 0.239. The highest BCUT2D eigenvalue weighted by Crippen LogP contribution is 2.33. The molecule has 3 amide bonds. The number of ether oxygens (including phenoxy) is 2. The van der Waals surface area contributed by atoms with E-state index in [2.05, 4.69) is 0 Å². The molecule has 0 radical (unpaired) electrons. The van der Waals surface area contributed by atoms with Crippen LogP contribution in [0.5, 0.6) is 0 Å². The van der Waals surface area contributed by atoms with Crippen LogP contribution >= 0.6 is 23.2 Å². The molecule has 2 aliphatic heterocycles. The van der Waals surface area contributed by atoms with E-state index in [0.29, 0.717) is 31.9 Å². The number of halogens is 2. The normalized spacial score (nSPS) is 17.5. The van der Waals surface area contributed by atoms with Gasteiger partial charge in [0, 0.05) is 18.7 Å². The average Bonchev–Trinajstić information content (AvgIpc) is 3.06. The summed E-state index contributed by atoms with van der Waals surface area (Å²) in [6.45, 7) is 2.88. The molecular formula is C23H20Cl2N2O6. The SMILES string of the molecule is C[C@@H](C(=O)O[C@@H](C(=O)N1CCOCC1)c1ccccc1)N1C(=O)c2cc(Cl)c(Cl)cc2C1=O. The Hall–Kier alpha value is -2.94.